The van der Waals surface area contributed by atoms with Gasteiger partial charge in [0.05, 0.1) is 5.37 Å². The molecule has 1 aromatic rings. The van der Waals surface area contributed by atoms with Crippen molar-refractivity contribution in [3.8, 4) is 0 Å². The Balaban J connectivity index is 2.17. The van der Waals surface area contributed by atoms with Crippen LogP contribution in [0.15, 0.2) is 10.5 Å². The molecule has 0 radical (unpaired) electrons. The van der Waals surface area contributed by atoms with Crippen LogP contribution < -0.4 is 16.4 Å². The van der Waals surface area contributed by atoms with Crippen LogP contribution in [0.4, 0.5) is 5.13 Å². The molecular weight excluding hydrogens is 386 g/mol. The molecule has 1 aromatic heterocycles. The molecule has 2 heterocycles. The topological polar surface area (TPSA) is 176 Å². The Morgan fingerprint density at radius 3 is 2.77 bits per heavy atom. The van der Waals surface area contributed by atoms with Crippen LogP contribution in [0.2, 0.25) is 0 Å². The Hall–Kier alpha value is -2.38. The number of hydrogen-bond acceptors (Lipinski definition) is 10. The predicted molar refractivity (Wildman–Crippen MR) is 95.1 cm³/mol. The highest BCUT2D eigenvalue weighted by Gasteiger charge is 2.37. The first-order valence-corrected chi connectivity index (χ1v) is 9.23. The quantitative estimate of drug-likeness (QED) is 0.285. The largest absolute Gasteiger partial charge is 0.480 e. The van der Waals surface area contributed by atoms with Gasteiger partial charge in [0, 0.05) is 5.38 Å². The fourth-order valence-electron chi connectivity index (χ4n) is 2.20. The number of amides is 1. The van der Waals surface area contributed by atoms with Gasteiger partial charge in [-0.3, -0.25) is 14.9 Å². The van der Waals surface area contributed by atoms with E-state index in [1.807, 2.05) is 0 Å². The van der Waals surface area contributed by atoms with Crippen molar-refractivity contribution in [1.29, 1.82) is 0 Å². The average molecular weight is 403 g/mol. The van der Waals surface area contributed by atoms with E-state index in [1.54, 1.807) is 0 Å². The second-order valence-corrected chi connectivity index (χ2v) is 7.26. The summed E-state index contributed by atoms with van der Waals surface area (Å²) in [6, 6.07) is -2.27. The zero-order valence-corrected chi connectivity index (χ0v) is 15.2. The highest BCUT2D eigenvalue weighted by atomic mass is 32.2. The number of thioether (sulfide) groups is 1. The van der Waals surface area contributed by atoms with Gasteiger partial charge < -0.3 is 26.1 Å². The lowest BCUT2D eigenvalue weighted by Gasteiger charge is -2.32. The maximum Gasteiger partial charge on any atom is 0.328 e. The van der Waals surface area contributed by atoms with Gasteiger partial charge in [0.25, 0.3) is 5.91 Å². The number of thiazole rings is 1. The molecule has 6 N–H and O–H groups in total. The van der Waals surface area contributed by atoms with Crippen molar-refractivity contribution in [1.82, 2.24) is 15.6 Å². The van der Waals surface area contributed by atoms with Gasteiger partial charge in [-0.05, 0) is 12.2 Å². The lowest BCUT2D eigenvalue weighted by molar-refractivity contribution is -0.143. The standard InChI is InChI=1S/C13H17N5O6S2/c1-24-18-7(6-4-26-13(14)16-6)9(19)17-8(12(22)23)10-15-5(11(20)21)2-3-25-10/h4-5,8,10,15H,2-3H2,1H3,(H2,14,16)(H,17,19)(H,20,21)(H,22,23)/b18-7-/t5?,8-,10+/m0/s1. The summed E-state index contributed by atoms with van der Waals surface area (Å²) in [6.07, 6.45) is 0.352. The highest BCUT2D eigenvalue weighted by molar-refractivity contribution is 8.00. The summed E-state index contributed by atoms with van der Waals surface area (Å²) in [5, 5.41) is 28.1. The minimum Gasteiger partial charge on any atom is -0.480 e. The van der Waals surface area contributed by atoms with Gasteiger partial charge in [0.15, 0.2) is 16.9 Å². The van der Waals surface area contributed by atoms with Crippen LogP contribution in [0.1, 0.15) is 12.1 Å². The fourth-order valence-corrected chi connectivity index (χ4v) is 4.01. The smallest absolute Gasteiger partial charge is 0.328 e. The van der Waals surface area contributed by atoms with Gasteiger partial charge in [-0.15, -0.1) is 23.1 Å². The van der Waals surface area contributed by atoms with Crippen molar-refractivity contribution in [3.05, 3.63) is 11.1 Å². The molecule has 0 bridgehead atoms. The molecule has 0 spiro atoms. The first-order valence-electron chi connectivity index (χ1n) is 7.30. The van der Waals surface area contributed by atoms with E-state index in [9.17, 15) is 19.5 Å². The number of rotatable bonds is 7. The molecule has 3 atom stereocenters. The number of carboxylic acids is 2. The van der Waals surface area contributed by atoms with E-state index in [0.717, 1.165) is 11.3 Å². The maximum absolute atomic E-state index is 12.5. The van der Waals surface area contributed by atoms with E-state index in [4.69, 9.17) is 10.8 Å². The van der Waals surface area contributed by atoms with E-state index in [0.29, 0.717) is 12.2 Å². The number of carbonyl (C=O) groups is 3. The minimum absolute atomic E-state index is 0.142. The molecule has 0 saturated carbocycles. The van der Waals surface area contributed by atoms with Gasteiger partial charge >= 0.3 is 11.9 Å². The summed E-state index contributed by atoms with van der Waals surface area (Å²) in [6.45, 7) is 0. The van der Waals surface area contributed by atoms with Gasteiger partial charge in [-0.25, -0.2) is 9.78 Å². The average Bonchev–Trinajstić information content (AvgIpc) is 3.03. The summed E-state index contributed by atoms with van der Waals surface area (Å²) in [5.41, 5.74) is 5.45. The van der Waals surface area contributed by atoms with Crippen LogP contribution in [0.5, 0.6) is 0 Å². The van der Waals surface area contributed by atoms with Crippen molar-refractivity contribution in [2.75, 3.05) is 18.6 Å². The molecule has 2 rings (SSSR count). The monoisotopic (exact) mass is 403 g/mol. The van der Waals surface area contributed by atoms with E-state index in [2.05, 4.69) is 25.6 Å². The second-order valence-electron chi connectivity index (χ2n) is 5.12. The molecule has 1 unspecified atom stereocenters. The van der Waals surface area contributed by atoms with Gasteiger partial charge in [-0.1, -0.05) is 5.16 Å². The molecule has 13 heteroatoms. The van der Waals surface area contributed by atoms with Crippen molar-refractivity contribution in [2.45, 2.75) is 23.9 Å². The third-order valence-electron chi connectivity index (χ3n) is 3.39. The SMILES string of the molecule is CO/N=C(\C(=O)N[C@H](C(=O)O)[C@@H]1NC(C(=O)O)CCS1)c1csc(N)n1. The number of nitrogens with two attached hydrogens (primary N) is 1. The number of nitrogens with one attached hydrogen (secondary N) is 2. The highest BCUT2D eigenvalue weighted by Crippen LogP contribution is 2.22. The Kier molecular flexibility index (Phi) is 6.76. The minimum atomic E-state index is -1.38. The summed E-state index contributed by atoms with van der Waals surface area (Å²) >= 11 is 2.30. The van der Waals surface area contributed by atoms with Gasteiger partial charge in [-0.2, -0.15) is 0 Å². The molecule has 1 fully saturated rings. The summed E-state index contributed by atoms with van der Waals surface area (Å²) < 4.78 is 0. The van der Waals surface area contributed by atoms with E-state index in [-0.39, 0.29) is 16.5 Å². The van der Waals surface area contributed by atoms with Crippen LogP contribution in [-0.2, 0) is 19.2 Å². The number of nitrogen functional groups attached to an aromatic ring is 1. The first-order chi connectivity index (χ1) is 12.3. The number of carbonyl (C=O) groups excluding carboxylic acids is 1. The van der Waals surface area contributed by atoms with Crippen molar-refractivity contribution < 1.29 is 29.4 Å². The number of nitrogens with zero attached hydrogens (tertiary/aromatic N) is 2. The first kappa shape index (κ1) is 19.9. The molecule has 1 aliphatic heterocycles. The van der Waals surface area contributed by atoms with Crippen molar-refractivity contribution in [2.24, 2.45) is 5.16 Å². The number of aromatic nitrogens is 1. The summed E-state index contributed by atoms with van der Waals surface area (Å²) in [5.74, 6) is -2.78. The van der Waals surface area contributed by atoms with E-state index < -0.39 is 35.3 Å². The number of hydrogen-bond donors (Lipinski definition) is 5. The second kappa shape index (κ2) is 8.82. The van der Waals surface area contributed by atoms with Crippen molar-refractivity contribution >= 4 is 51.8 Å². The zero-order valence-electron chi connectivity index (χ0n) is 13.5. The molecule has 1 amide bonds. The Morgan fingerprint density at radius 1 is 1.50 bits per heavy atom. The number of carboxylic acid groups (broad SMARTS) is 2. The third kappa shape index (κ3) is 4.83. The molecule has 1 aliphatic rings. The predicted octanol–water partition coefficient (Wildman–Crippen LogP) is -0.849. The molecule has 142 valence electrons. The molecule has 0 aromatic carbocycles. The molecule has 26 heavy (non-hydrogen) atoms. The normalized spacial score (nSPS) is 21.7. The molecule has 0 aliphatic carbocycles. The molecule has 11 nitrogen and oxygen atoms in total. The number of oxime groups is 1. The Labute approximate surface area is 156 Å². The lowest BCUT2D eigenvalue weighted by Crippen LogP contribution is -2.59. The van der Waals surface area contributed by atoms with Gasteiger partial charge in [0.1, 0.15) is 18.8 Å². The Morgan fingerprint density at radius 2 is 2.23 bits per heavy atom. The summed E-state index contributed by atoms with van der Waals surface area (Å²) in [4.78, 5) is 43.8. The van der Waals surface area contributed by atoms with Crippen LogP contribution in [0, 0.1) is 0 Å². The lowest BCUT2D eigenvalue weighted by atomic mass is 10.2. The maximum atomic E-state index is 12.5. The Bertz CT molecular complexity index is 724. The third-order valence-corrected chi connectivity index (χ3v) is 5.30. The molecular formula is C13H17N5O6S2. The van der Waals surface area contributed by atoms with Crippen LogP contribution in [0.25, 0.3) is 0 Å². The zero-order chi connectivity index (χ0) is 19.3. The number of anilines is 1. The van der Waals surface area contributed by atoms with E-state index >= 15 is 0 Å². The van der Waals surface area contributed by atoms with Crippen molar-refractivity contribution in [3.63, 3.8) is 0 Å². The molecule has 1 saturated heterocycles. The summed E-state index contributed by atoms with van der Waals surface area (Å²) in [7, 11) is 1.23. The van der Waals surface area contributed by atoms with Crippen LogP contribution >= 0.6 is 23.1 Å². The fraction of sp³-hybridized carbons (Fsp3) is 0.462. The van der Waals surface area contributed by atoms with Crippen LogP contribution in [0.3, 0.4) is 0 Å². The van der Waals surface area contributed by atoms with Crippen LogP contribution in [-0.4, -0.2) is 69.1 Å². The van der Waals surface area contributed by atoms with Gasteiger partial charge in [0.2, 0.25) is 0 Å². The number of aliphatic carboxylic acids is 2. The van der Waals surface area contributed by atoms with E-state index in [1.165, 1.54) is 24.3 Å².